The van der Waals surface area contributed by atoms with Gasteiger partial charge in [0.25, 0.3) is 10.0 Å². The minimum Gasteiger partial charge on any atom is -0.493 e. The summed E-state index contributed by atoms with van der Waals surface area (Å²) in [4.78, 5) is 0.200. The molecule has 0 aromatic heterocycles. The van der Waals surface area contributed by atoms with Gasteiger partial charge in [-0.1, -0.05) is 25.5 Å². The maximum absolute atomic E-state index is 12.7. The minimum absolute atomic E-state index is 0.200. The summed E-state index contributed by atoms with van der Waals surface area (Å²) >= 11 is 0. The van der Waals surface area contributed by atoms with Crippen LogP contribution in [0.3, 0.4) is 0 Å². The Balaban J connectivity index is 2.28. The van der Waals surface area contributed by atoms with Gasteiger partial charge in [-0.3, -0.25) is 4.72 Å². The lowest BCUT2D eigenvalue weighted by atomic mass is 10.1. The van der Waals surface area contributed by atoms with Gasteiger partial charge in [-0.05, 0) is 30.5 Å². The Labute approximate surface area is 155 Å². The predicted molar refractivity (Wildman–Crippen MR) is 102 cm³/mol. The number of benzene rings is 2. The fourth-order valence-corrected chi connectivity index (χ4v) is 3.61. The highest BCUT2D eigenvalue weighted by Gasteiger charge is 2.18. The number of aryl methyl sites for hydroxylation is 1. The van der Waals surface area contributed by atoms with Gasteiger partial charge >= 0.3 is 0 Å². The maximum atomic E-state index is 12.7. The van der Waals surface area contributed by atoms with Crippen molar-refractivity contribution >= 4 is 15.7 Å². The second kappa shape index (κ2) is 8.80. The molecule has 6 nitrogen and oxygen atoms in total. The Kier molecular flexibility index (Phi) is 6.74. The molecule has 1 N–H and O–H groups in total. The Bertz CT molecular complexity index is 807. The van der Waals surface area contributed by atoms with Crippen LogP contribution in [0, 0.1) is 0 Å². The first-order valence-electron chi connectivity index (χ1n) is 8.37. The molecule has 0 amide bonds. The lowest BCUT2D eigenvalue weighted by molar-refractivity contribution is 0.325. The van der Waals surface area contributed by atoms with Crippen molar-refractivity contribution in [3.8, 4) is 17.2 Å². The molecule has 2 aromatic carbocycles. The number of anilines is 1. The van der Waals surface area contributed by atoms with Crippen molar-refractivity contribution in [2.75, 3.05) is 26.1 Å². The van der Waals surface area contributed by atoms with Crippen LogP contribution in [0.25, 0.3) is 0 Å². The smallest absolute Gasteiger partial charge is 0.261 e. The SMILES string of the molecule is CCCCc1ccc(S(=O)(=O)Nc2cc(OC)c(OC)c(OC)c2)cc1. The van der Waals surface area contributed by atoms with Crippen molar-refractivity contribution in [1.82, 2.24) is 0 Å². The molecule has 0 unspecified atom stereocenters. The van der Waals surface area contributed by atoms with E-state index >= 15 is 0 Å². The molecular weight excluding hydrogens is 354 g/mol. The molecule has 0 heterocycles. The third-order valence-electron chi connectivity index (χ3n) is 3.97. The van der Waals surface area contributed by atoms with E-state index in [1.165, 1.54) is 21.3 Å². The fourth-order valence-electron chi connectivity index (χ4n) is 2.57. The van der Waals surface area contributed by atoms with Crippen LogP contribution >= 0.6 is 0 Å². The standard InChI is InChI=1S/C19H25NO5S/c1-5-6-7-14-8-10-16(11-9-14)26(21,22)20-15-12-17(23-2)19(25-4)18(13-15)24-3/h8-13,20H,5-7H2,1-4H3. The zero-order chi connectivity index (χ0) is 19.2. The summed E-state index contributed by atoms with van der Waals surface area (Å²) in [6.07, 6.45) is 3.12. The van der Waals surface area contributed by atoms with Gasteiger partial charge < -0.3 is 14.2 Å². The quantitative estimate of drug-likeness (QED) is 0.716. The maximum Gasteiger partial charge on any atom is 0.261 e. The van der Waals surface area contributed by atoms with Gasteiger partial charge in [0.2, 0.25) is 5.75 Å². The van der Waals surface area contributed by atoms with Crippen molar-refractivity contribution in [2.45, 2.75) is 31.1 Å². The molecule has 0 fully saturated rings. The van der Waals surface area contributed by atoms with Crippen molar-refractivity contribution < 1.29 is 22.6 Å². The Morgan fingerprint density at radius 2 is 1.50 bits per heavy atom. The van der Waals surface area contributed by atoms with Crippen molar-refractivity contribution in [3.05, 3.63) is 42.0 Å². The van der Waals surface area contributed by atoms with Crippen molar-refractivity contribution in [3.63, 3.8) is 0 Å². The zero-order valence-electron chi connectivity index (χ0n) is 15.5. The minimum atomic E-state index is -3.72. The number of rotatable bonds is 9. The molecule has 2 aromatic rings. The van der Waals surface area contributed by atoms with E-state index in [9.17, 15) is 8.42 Å². The molecule has 0 bridgehead atoms. The number of hydrogen-bond donors (Lipinski definition) is 1. The van der Waals surface area contributed by atoms with Crippen LogP contribution in [0.1, 0.15) is 25.3 Å². The first-order chi connectivity index (χ1) is 12.4. The summed E-state index contributed by atoms with van der Waals surface area (Å²) in [5.74, 6) is 1.15. The van der Waals surface area contributed by atoms with Gasteiger partial charge in [-0.2, -0.15) is 0 Å². The topological polar surface area (TPSA) is 73.9 Å². The summed E-state index contributed by atoms with van der Waals surface area (Å²) in [5.41, 5.74) is 1.45. The summed E-state index contributed by atoms with van der Waals surface area (Å²) in [6.45, 7) is 2.13. The molecule has 0 aliphatic rings. The Hall–Kier alpha value is -2.41. The van der Waals surface area contributed by atoms with E-state index in [-0.39, 0.29) is 4.90 Å². The molecule has 0 atom stereocenters. The molecule has 0 radical (unpaired) electrons. The second-order valence-corrected chi connectivity index (χ2v) is 7.45. The van der Waals surface area contributed by atoms with E-state index in [0.717, 1.165) is 24.8 Å². The third-order valence-corrected chi connectivity index (χ3v) is 5.37. The highest BCUT2D eigenvalue weighted by Crippen LogP contribution is 2.40. The van der Waals surface area contributed by atoms with Crippen LogP contribution in [0.15, 0.2) is 41.3 Å². The molecule has 0 saturated heterocycles. The van der Waals surface area contributed by atoms with E-state index in [1.807, 2.05) is 12.1 Å². The van der Waals surface area contributed by atoms with Gasteiger partial charge in [0.15, 0.2) is 11.5 Å². The highest BCUT2D eigenvalue weighted by atomic mass is 32.2. The molecule has 0 spiro atoms. The van der Waals surface area contributed by atoms with Crippen LogP contribution in [0.4, 0.5) is 5.69 Å². The van der Waals surface area contributed by atoms with Crippen LogP contribution in [-0.2, 0) is 16.4 Å². The second-order valence-electron chi connectivity index (χ2n) is 5.77. The largest absolute Gasteiger partial charge is 0.493 e. The van der Waals surface area contributed by atoms with Gasteiger partial charge in [0, 0.05) is 12.1 Å². The summed E-state index contributed by atoms with van der Waals surface area (Å²) in [5, 5.41) is 0. The van der Waals surface area contributed by atoms with Crippen LogP contribution in [-0.4, -0.2) is 29.7 Å². The van der Waals surface area contributed by atoms with Gasteiger partial charge in [0.1, 0.15) is 0 Å². The third kappa shape index (κ3) is 4.60. The zero-order valence-corrected chi connectivity index (χ0v) is 16.4. The van der Waals surface area contributed by atoms with E-state index in [2.05, 4.69) is 11.6 Å². The number of methoxy groups -OCH3 is 3. The molecule has 2 rings (SSSR count). The molecule has 7 heteroatoms. The van der Waals surface area contributed by atoms with Crippen molar-refractivity contribution in [2.24, 2.45) is 0 Å². The Morgan fingerprint density at radius 1 is 0.923 bits per heavy atom. The average Bonchev–Trinajstić information content (AvgIpc) is 2.65. The normalized spacial score (nSPS) is 11.1. The summed E-state index contributed by atoms with van der Waals surface area (Å²) < 4.78 is 43.6. The monoisotopic (exact) mass is 379 g/mol. The number of hydrogen-bond acceptors (Lipinski definition) is 5. The number of nitrogens with one attached hydrogen (secondary N) is 1. The number of sulfonamides is 1. The van der Waals surface area contributed by atoms with Crippen molar-refractivity contribution in [1.29, 1.82) is 0 Å². The van der Waals surface area contributed by atoms with Crippen LogP contribution in [0.2, 0.25) is 0 Å². The lowest BCUT2D eigenvalue weighted by Crippen LogP contribution is -2.13. The van der Waals surface area contributed by atoms with E-state index in [0.29, 0.717) is 22.9 Å². The summed E-state index contributed by atoms with van der Waals surface area (Å²) in [6, 6.07) is 10.0. The first kappa shape index (κ1) is 19.9. The number of ether oxygens (including phenoxy) is 3. The highest BCUT2D eigenvalue weighted by molar-refractivity contribution is 7.92. The van der Waals surface area contributed by atoms with E-state index in [4.69, 9.17) is 14.2 Å². The molecule has 0 saturated carbocycles. The van der Waals surface area contributed by atoms with E-state index < -0.39 is 10.0 Å². The van der Waals surface area contributed by atoms with Crippen LogP contribution in [0.5, 0.6) is 17.2 Å². The first-order valence-corrected chi connectivity index (χ1v) is 9.85. The molecule has 142 valence electrons. The summed E-state index contributed by atoms with van der Waals surface area (Å²) in [7, 11) is 0.722. The van der Waals surface area contributed by atoms with Gasteiger partial charge in [-0.25, -0.2) is 8.42 Å². The fraction of sp³-hybridized carbons (Fsp3) is 0.368. The Morgan fingerprint density at radius 3 is 1.96 bits per heavy atom. The average molecular weight is 379 g/mol. The van der Waals surface area contributed by atoms with E-state index in [1.54, 1.807) is 24.3 Å². The van der Waals surface area contributed by atoms with Gasteiger partial charge in [0.05, 0.1) is 31.9 Å². The molecular formula is C19H25NO5S. The van der Waals surface area contributed by atoms with Gasteiger partial charge in [-0.15, -0.1) is 0 Å². The number of unbranched alkanes of at least 4 members (excludes halogenated alkanes) is 1. The van der Waals surface area contributed by atoms with Crippen LogP contribution < -0.4 is 18.9 Å². The molecule has 0 aliphatic heterocycles. The molecule has 26 heavy (non-hydrogen) atoms. The molecule has 0 aliphatic carbocycles. The lowest BCUT2D eigenvalue weighted by Gasteiger charge is -2.15. The predicted octanol–water partition coefficient (Wildman–Crippen LogP) is 3.86.